The molecule has 0 amide bonds. The quantitative estimate of drug-likeness (QED) is 0.712. The van der Waals surface area contributed by atoms with Gasteiger partial charge in [-0.05, 0) is 38.1 Å². The molecule has 1 aromatic carbocycles. The first-order valence-electron chi connectivity index (χ1n) is 4.70. The van der Waals surface area contributed by atoms with E-state index in [9.17, 15) is 0 Å². The zero-order valence-electron chi connectivity index (χ0n) is 8.73. The normalized spacial score (nSPS) is 10.3. The molecular weight excluding hydrogens is 188 g/mol. The van der Waals surface area contributed by atoms with Gasteiger partial charge in [-0.25, -0.2) is 15.0 Å². The van der Waals surface area contributed by atoms with Gasteiger partial charge in [0, 0.05) is 11.3 Å². The van der Waals surface area contributed by atoms with Crippen molar-refractivity contribution in [2.45, 2.75) is 13.8 Å². The summed E-state index contributed by atoms with van der Waals surface area (Å²) in [6, 6.07) is 7.49. The largest absolute Gasteiger partial charge is 0.399 e. The first-order valence-corrected chi connectivity index (χ1v) is 4.70. The summed E-state index contributed by atoms with van der Waals surface area (Å²) in [6.45, 7) is 3.71. The molecular formula is C11H12N4. The smallest absolute Gasteiger partial charge is 0.163 e. The average Bonchev–Trinajstić information content (AvgIpc) is 2.17. The lowest BCUT2D eigenvalue weighted by molar-refractivity contribution is 0.928. The molecule has 1 heterocycles. The SMILES string of the molecule is Cc1nc(C)nc(-c2ccc(N)cc2)n1. The highest BCUT2D eigenvalue weighted by molar-refractivity contribution is 5.58. The molecule has 0 radical (unpaired) electrons. The van der Waals surface area contributed by atoms with Gasteiger partial charge in [-0.3, -0.25) is 0 Å². The van der Waals surface area contributed by atoms with Crippen molar-refractivity contribution < 1.29 is 0 Å². The van der Waals surface area contributed by atoms with Crippen molar-refractivity contribution >= 4 is 5.69 Å². The number of nitrogens with two attached hydrogens (primary N) is 1. The zero-order valence-corrected chi connectivity index (χ0v) is 8.73. The van der Waals surface area contributed by atoms with Crippen LogP contribution in [0.25, 0.3) is 11.4 Å². The number of aryl methyl sites for hydroxylation is 2. The highest BCUT2D eigenvalue weighted by atomic mass is 15.0. The van der Waals surface area contributed by atoms with Gasteiger partial charge in [0.1, 0.15) is 11.6 Å². The maximum absolute atomic E-state index is 5.61. The van der Waals surface area contributed by atoms with E-state index in [1.54, 1.807) is 0 Å². The van der Waals surface area contributed by atoms with Gasteiger partial charge in [0.05, 0.1) is 0 Å². The molecule has 0 saturated heterocycles. The first kappa shape index (κ1) is 9.58. The van der Waals surface area contributed by atoms with E-state index in [-0.39, 0.29) is 0 Å². The van der Waals surface area contributed by atoms with Gasteiger partial charge in [0.25, 0.3) is 0 Å². The Bertz CT molecular complexity index is 456. The van der Waals surface area contributed by atoms with Gasteiger partial charge in [-0.2, -0.15) is 0 Å². The van der Waals surface area contributed by atoms with E-state index in [4.69, 9.17) is 5.73 Å². The van der Waals surface area contributed by atoms with Crippen LogP contribution in [-0.2, 0) is 0 Å². The summed E-state index contributed by atoms with van der Waals surface area (Å²) in [5.41, 5.74) is 7.30. The Hall–Kier alpha value is -1.97. The highest BCUT2D eigenvalue weighted by Gasteiger charge is 2.03. The Morgan fingerprint density at radius 2 is 1.40 bits per heavy atom. The van der Waals surface area contributed by atoms with Crippen LogP contribution in [0, 0.1) is 13.8 Å². The molecule has 4 nitrogen and oxygen atoms in total. The van der Waals surface area contributed by atoms with E-state index in [0.717, 1.165) is 22.9 Å². The second kappa shape index (κ2) is 3.65. The van der Waals surface area contributed by atoms with Crippen molar-refractivity contribution in [3.8, 4) is 11.4 Å². The molecule has 1 aromatic heterocycles. The molecule has 2 aromatic rings. The van der Waals surface area contributed by atoms with Crippen LogP contribution in [0.4, 0.5) is 5.69 Å². The predicted molar refractivity (Wildman–Crippen MR) is 59.1 cm³/mol. The molecule has 0 unspecified atom stereocenters. The Kier molecular flexibility index (Phi) is 2.33. The first-order chi connectivity index (χ1) is 7.15. The molecule has 0 aliphatic rings. The lowest BCUT2D eigenvalue weighted by Gasteiger charge is -2.02. The second-order valence-electron chi connectivity index (χ2n) is 3.38. The lowest BCUT2D eigenvalue weighted by atomic mass is 10.2. The van der Waals surface area contributed by atoms with E-state index in [1.165, 1.54) is 0 Å². The molecule has 4 heteroatoms. The summed E-state index contributed by atoms with van der Waals surface area (Å²) in [5.74, 6) is 2.16. The number of hydrogen-bond donors (Lipinski definition) is 1. The fraction of sp³-hybridized carbons (Fsp3) is 0.182. The number of nitrogens with zero attached hydrogens (tertiary/aromatic N) is 3. The molecule has 15 heavy (non-hydrogen) atoms. The van der Waals surface area contributed by atoms with Crippen LogP contribution in [0.5, 0.6) is 0 Å². The van der Waals surface area contributed by atoms with Crippen molar-refractivity contribution in [1.29, 1.82) is 0 Å². The predicted octanol–water partition coefficient (Wildman–Crippen LogP) is 1.74. The van der Waals surface area contributed by atoms with Crippen LogP contribution < -0.4 is 5.73 Å². The van der Waals surface area contributed by atoms with Crippen LogP contribution in [-0.4, -0.2) is 15.0 Å². The summed E-state index contributed by atoms with van der Waals surface area (Å²) in [4.78, 5) is 12.7. The highest BCUT2D eigenvalue weighted by Crippen LogP contribution is 2.16. The minimum atomic E-state index is 0.694. The molecule has 2 N–H and O–H groups in total. The number of aromatic nitrogens is 3. The van der Waals surface area contributed by atoms with E-state index < -0.39 is 0 Å². The molecule has 2 rings (SSSR count). The molecule has 0 aliphatic carbocycles. The minimum Gasteiger partial charge on any atom is -0.399 e. The number of hydrogen-bond acceptors (Lipinski definition) is 4. The van der Waals surface area contributed by atoms with Crippen molar-refractivity contribution in [2.75, 3.05) is 5.73 Å². The summed E-state index contributed by atoms with van der Waals surface area (Å²) < 4.78 is 0. The Balaban J connectivity index is 2.49. The standard InChI is InChI=1S/C11H12N4/c1-7-13-8(2)15-11(14-7)9-3-5-10(12)6-4-9/h3-6H,12H2,1-2H3. The Labute approximate surface area is 88.2 Å². The van der Waals surface area contributed by atoms with Gasteiger partial charge in [-0.15, -0.1) is 0 Å². The second-order valence-corrected chi connectivity index (χ2v) is 3.38. The van der Waals surface area contributed by atoms with Crippen LogP contribution in [0.2, 0.25) is 0 Å². The number of benzene rings is 1. The fourth-order valence-electron chi connectivity index (χ4n) is 1.38. The maximum Gasteiger partial charge on any atom is 0.163 e. The number of anilines is 1. The van der Waals surface area contributed by atoms with E-state index in [1.807, 2.05) is 38.1 Å². The van der Waals surface area contributed by atoms with E-state index in [0.29, 0.717) is 5.82 Å². The topological polar surface area (TPSA) is 64.7 Å². The van der Waals surface area contributed by atoms with Crippen molar-refractivity contribution in [2.24, 2.45) is 0 Å². The Morgan fingerprint density at radius 1 is 0.867 bits per heavy atom. The third-order valence-electron chi connectivity index (χ3n) is 2.03. The van der Waals surface area contributed by atoms with Gasteiger partial charge in [-0.1, -0.05) is 0 Å². The zero-order chi connectivity index (χ0) is 10.8. The van der Waals surface area contributed by atoms with Crippen LogP contribution >= 0.6 is 0 Å². The molecule has 0 bridgehead atoms. The molecule has 0 spiro atoms. The molecule has 0 saturated carbocycles. The molecule has 0 fully saturated rings. The minimum absolute atomic E-state index is 0.694. The van der Waals surface area contributed by atoms with Crippen LogP contribution in [0.1, 0.15) is 11.6 Å². The van der Waals surface area contributed by atoms with Gasteiger partial charge in [0.15, 0.2) is 5.82 Å². The monoisotopic (exact) mass is 200 g/mol. The average molecular weight is 200 g/mol. The van der Waals surface area contributed by atoms with Gasteiger partial charge < -0.3 is 5.73 Å². The molecule has 0 atom stereocenters. The van der Waals surface area contributed by atoms with Crippen molar-refractivity contribution in [3.05, 3.63) is 35.9 Å². The van der Waals surface area contributed by atoms with E-state index in [2.05, 4.69) is 15.0 Å². The number of nitrogen functional groups attached to an aromatic ring is 1. The van der Waals surface area contributed by atoms with Gasteiger partial charge >= 0.3 is 0 Å². The van der Waals surface area contributed by atoms with Crippen LogP contribution in [0.15, 0.2) is 24.3 Å². The Morgan fingerprint density at radius 3 is 1.93 bits per heavy atom. The van der Waals surface area contributed by atoms with Gasteiger partial charge in [0.2, 0.25) is 0 Å². The fourth-order valence-corrected chi connectivity index (χ4v) is 1.38. The summed E-state index contributed by atoms with van der Waals surface area (Å²) in [6.07, 6.45) is 0. The lowest BCUT2D eigenvalue weighted by Crippen LogP contribution is -1.98. The maximum atomic E-state index is 5.61. The molecule has 76 valence electrons. The van der Waals surface area contributed by atoms with E-state index >= 15 is 0 Å². The molecule has 0 aliphatic heterocycles. The number of rotatable bonds is 1. The summed E-state index contributed by atoms with van der Waals surface area (Å²) in [5, 5.41) is 0. The van der Waals surface area contributed by atoms with Crippen molar-refractivity contribution in [1.82, 2.24) is 15.0 Å². The third-order valence-corrected chi connectivity index (χ3v) is 2.03. The van der Waals surface area contributed by atoms with Crippen LogP contribution in [0.3, 0.4) is 0 Å². The summed E-state index contributed by atoms with van der Waals surface area (Å²) in [7, 11) is 0. The third kappa shape index (κ3) is 2.10. The summed E-state index contributed by atoms with van der Waals surface area (Å²) >= 11 is 0. The van der Waals surface area contributed by atoms with Crippen molar-refractivity contribution in [3.63, 3.8) is 0 Å².